The van der Waals surface area contributed by atoms with Gasteiger partial charge in [0.15, 0.2) is 9.84 Å². The predicted octanol–water partition coefficient (Wildman–Crippen LogP) is 1.68. The van der Waals surface area contributed by atoms with Crippen LogP contribution in [0.3, 0.4) is 0 Å². The number of anilines is 1. The molecule has 0 atom stereocenters. The van der Waals surface area contributed by atoms with Crippen molar-refractivity contribution < 1.29 is 8.42 Å². The highest BCUT2D eigenvalue weighted by molar-refractivity contribution is 7.91. The van der Waals surface area contributed by atoms with Crippen molar-refractivity contribution in [2.45, 2.75) is 11.3 Å². The number of nitrogen functional groups attached to an aromatic ring is 1. The van der Waals surface area contributed by atoms with Gasteiger partial charge in [-0.2, -0.15) is 0 Å². The largest absolute Gasteiger partial charge is 0.399 e. The second-order valence-corrected chi connectivity index (χ2v) is 6.07. The van der Waals surface area contributed by atoms with Crippen LogP contribution in [0, 0.1) is 0 Å². The van der Waals surface area contributed by atoms with E-state index >= 15 is 0 Å². The first-order chi connectivity index (χ1) is 8.58. The monoisotopic (exact) mass is 262 g/mol. The van der Waals surface area contributed by atoms with Gasteiger partial charge in [0.2, 0.25) is 0 Å². The SMILES string of the molecule is Nc1ccc(S(=O)(=O)CCc2ccccn2)cc1. The van der Waals surface area contributed by atoms with Crippen LogP contribution in [-0.2, 0) is 16.3 Å². The van der Waals surface area contributed by atoms with Crippen LogP contribution < -0.4 is 5.73 Å². The van der Waals surface area contributed by atoms with Crippen LogP contribution in [0.25, 0.3) is 0 Å². The smallest absolute Gasteiger partial charge is 0.178 e. The quantitative estimate of drug-likeness (QED) is 0.851. The molecule has 0 radical (unpaired) electrons. The second kappa shape index (κ2) is 5.18. The topological polar surface area (TPSA) is 73.1 Å². The van der Waals surface area contributed by atoms with Crippen molar-refractivity contribution in [2.24, 2.45) is 0 Å². The molecule has 94 valence electrons. The summed E-state index contributed by atoms with van der Waals surface area (Å²) in [7, 11) is -3.27. The number of nitrogens with zero attached hydrogens (tertiary/aromatic N) is 1. The molecule has 0 aliphatic rings. The van der Waals surface area contributed by atoms with E-state index in [9.17, 15) is 8.42 Å². The first-order valence-corrected chi connectivity index (χ1v) is 7.21. The highest BCUT2D eigenvalue weighted by Gasteiger charge is 2.14. The number of sulfone groups is 1. The summed E-state index contributed by atoms with van der Waals surface area (Å²) < 4.78 is 24.1. The third-order valence-corrected chi connectivity index (χ3v) is 4.32. The fourth-order valence-electron chi connectivity index (χ4n) is 1.58. The normalized spacial score (nSPS) is 11.3. The standard InChI is InChI=1S/C13H14N2O2S/c14-11-4-6-13(7-5-11)18(16,17)10-8-12-3-1-2-9-15-12/h1-7,9H,8,10,14H2. The number of nitrogens with two attached hydrogens (primary N) is 1. The zero-order chi connectivity index (χ0) is 13.0. The second-order valence-electron chi connectivity index (χ2n) is 3.96. The molecule has 1 aromatic heterocycles. The van der Waals surface area contributed by atoms with Gasteiger partial charge in [-0.3, -0.25) is 4.98 Å². The van der Waals surface area contributed by atoms with Gasteiger partial charge in [-0.15, -0.1) is 0 Å². The molecule has 0 aliphatic carbocycles. The summed E-state index contributed by atoms with van der Waals surface area (Å²) in [5.41, 5.74) is 6.86. The van der Waals surface area contributed by atoms with Crippen molar-refractivity contribution in [1.29, 1.82) is 0 Å². The first kappa shape index (κ1) is 12.6. The first-order valence-electron chi connectivity index (χ1n) is 5.56. The zero-order valence-electron chi connectivity index (χ0n) is 9.78. The molecular weight excluding hydrogens is 248 g/mol. The van der Waals surface area contributed by atoms with Crippen molar-refractivity contribution >= 4 is 15.5 Å². The summed E-state index contributed by atoms with van der Waals surface area (Å²) in [5.74, 6) is 0.0495. The van der Waals surface area contributed by atoms with Gasteiger partial charge in [-0.25, -0.2) is 8.42 Å². The number of aromatic nitrogens is 1. The van der Waals surface area contributed by atoms with Gasteiger partial charge >= 0.3 is 0 Å². The molecule has 4 nitrogen and oxygen atoms in total. The van der Waals surface area contributed by atoms with Crippen LogP contribution in [0.2, 0.25) is 0 Å². The molecule has 5 heteroatoms. The molecule has 2 aromatic rings. The van der Waals surface area contributed by atoms with Crippen LogP contribution in [0.15, 0.2) is 53.6 Å². The van der Waals surface area contributed by atoms with E-state index in [-0.39, 0.29) is 5.75 Å². The Kier molecular flexibility index (Phi) is 3.62. The molecule has 2 N–H and O–H groups in total. The minimum atomic E-state index is -3.27. The Bertz CT molecular complexity index is 607. The van der Waals surface area contributed by atoms with Gasteiger partial charge in [0.25, 0.3) is 0 Å². The summed E-state index contributed by atoms with van der Waals surface area (Å²) in [4.78, 5) is 4.40. The lowest BCUT2D eigenvalue weighted by molar-refractivity contribution is 0.595. The van der Waals surface area contributed by atoms with Gasteiger partial charge in [-0.05, 0) is 36.4 Å². The van der Waals surface area contributed by atoms with Gasteiger partial charge < -0.3 is 5.73 Å². The lowest BCUT2D eigenvalue weighted by Gasteiger charge is -2.04. The molecule has 0 fully saturated rings. The van der Waals surface area contributed by atoms with E-state index in [2.05, 4.69) is 4.98 Å². The summed E-state index contributed by atoms with van der Waals surface area (Å²) >= 11 is 0. The molecule has 0 spiro atoms. The molecule has 2 rings (SSSR count). The van der Waals surface area contributed by atoms with Gasteiger partial charge in [0.1, 0.15) is 0 Å². The van der Waals surface area contributed by atoms with Crippen molar-refractivity contribution in [2.75, 3.05) is 11.5 Å². The molecule has 0 amide bonds. The van der Waals surface area contributed by atoms with Crippen LogP contribution in [0.4, 0.5) is 5.69 Å². The maximum absolute atomic E-state index is 12.0. The summed E-state index contributed by atoms with van der Waals surface area (Å²) in [6, 6.07) is 11.7. The Morgan fingerprint density at radius 1 is 1.06 bits per heavy atom. The van der Waals surface area contributed by atoms with Crippen LogP contribution in [0.1, 0.15) is 5.69 Å². The minimum absolute atomic E-state index is 0.0495. The van der Waals surface area contributed by atoms with Crippen LogP contribution in [0.5, 0.6) is 0 Å². The number of aryl methyl sites for hydroxylation is 1. The van der Waals surface area contributed by atoms with Gasteiger partial charge in [0, 0.05) is 24.0 Å². The zero-order valence-corrected chi connectivity index (χ0v) is 10.6. The minimum Gasteiger partial charge on any atom is -0.399 e. The average Bonchev–Trinajstić information content (AvgIpc) is 2.38. The van der Waals surface area contributed by atoms with Crippen molar-refractivity contribution in [3.05, 3.63) is 54.4 Å². The summed E-state index contributed by atoms with van der Waals surface area (Å²) in [6.07, 6.45) is 2.07. The van der Waals surface area contributed by atoms with E-state index in [1.165, 1.54) is 12.1 Å². The third-order valence-electron chi connectivity index (χ3n) is 2.59. The van der Waals surface area contributed by atoms with Crippen molar-refractivity contribution in [3.63, 3.8) is 0 Å². The fraction of sp³-hybridized carbons (Fsp3) is 0.154. The lowest BCUT2D eigenvalue weighted by atomic mass is 10.3. The Hall–Kier alpha value is -1.88. The summed E-state index contributed by atoms with van der Waals surface area (Å²) in [5, 5.41) is 0. The molecule has 18 heavy (non-hydrogen) atoms. The maximum atomic E-state index is 12.0. The lowest BCUT2D eigenvalue weighted by Crippen LogP contribution is -2.10. The Morgan fingerprint density at radius 2 is 1.78 bits per heavy atom. The summed E-state index contributed by atoms with van der Waals surface area (Å²) in [6.45, 7) is 0. The van der Waals surface area contributed by atoms with E-state index in [4.69, 9.17) is 5.73 Å². The predicted molar refractivity (Wildman–Crippen MR) is 70.8 cm³/mol. The van der Waals surface area contributed by atoms with Gasteiger partial charge in [0.05, 0.1) is 10.6 Å². The highest BCUT2D eigenvalue weighted by atomic mass is 32.2. The average molecular weight is 262 g/mol. The number of hydrogen-bond acceptors (Lipinski definition) is 4. The van der Waals surface area contributed by atoms with E-state index < -0.39 is 9.84 Å². The molecule has 0 unspecified atom stereocenters. The van der Waals surface area contributed by atoms with Crippen LogP contribution in [-0.4, -0.2) is 19.2 Å². The molecular formula is C13H14N2O2S. The van der Waals surface area contributed by atoms with E-state index in [1.54, 1.807) is 24.4 Å². The Labute approximate surface area is 106 Å². The molecule has 0 bridgehead atoms. The van der Waals surface area contributed by atoms with E-state index in [0.717, 1.165) is 5.69 Å². The molecule has 0 saturated carbocycles. The van der Waals surface area contributed by atoms with Crippen molar-refractivity contribution in [3.8, 4) is 0 Å². The number of rotatable bonds is 4. The number of benzene rings is 1. The fourth-order valence-corrected chi connectivity index (χ4v) is 2.84. The van der Waals surface area contributed by atoms with E-state index in [0.29, 0.717) is 17.0 Å². The molecule has 0 aliphatic heterocycles. The molecule has 0 saturated heterocycles. The molecule has 1 aromatic carbocycles. The third kappa shape index (κ3) is 3.07. The maximum Gasteiger partial charge on any atom is 0.178 e. The Morgan fingerprint density at radius 3 is 2.39 bits per heavy atom. The Balaban J connectivity index is 2.11. The number of pyridine rings is 1. The highest BCUT2D eigenvalue weighted by Crippen LogP contribution is 2.14. The number of hydrogen-bond donors (Lipinski definition) is 1. The van der Waals surface area contributed by atoms with Crippen molar-refractivity contribution in [1.82, 2.24) is 4.98 Å². The van der Waals surface area contributed by atoms with E-state index in [1.807, 2.05) is 12.1 Å². The van der Waals surface area contributed by atoms with Crippen LogP contribution >= 0.6 is 0 Å². The van der Waals surface area contributed by atoms with Gasteiger partial charge in [-0.1, -0.05) is 6.07 Å². The molecule has 1 heterocycles.